The monoisotopic (exact) mass is 448 g/mol. The van der Waals surface area contributed by atoms with Gasteiger partial charge in [0.15, 0.2) is 9.84 Å². The Balaban J connectivity index is 1.61. The molecular weight excluding hydrogens is 424 g/mol. The maximum Gasteiger partial charge on any atom is 0.255 e. The standard InChI is InChI=1S/C22H25ClN2O4S/c1-30(28,29)18-8-4-7-16(13-18)22(27)25-20-11-10-17(14-19(20)23)24-21(26)12-9-15-5-2-3-6-15/h4,7-8,10-11,13-15H,2-3,5-6,9,12H2,1H3,(H,24,26)(H,25,27). The second-order valence-electron chi connectivity index (χ2n) is 7.69. The summed E-state index contributed by atoms with van der Waals surface area (Å²) in [5, 5.41) is 5.78. The number of amides is 2. The van der Waals surface area contributed by atoms with E-state index in [4.69, 9.17) is 11.6 Å². The van der Waals surface area contributed by atoms with Gasteiger partial charge in [-0.2, -0.15) is 0 Å². The van der Waals surface area contributed by atoms with Crippen molar-refractivity contribution in [1.82, 2.24) is 0 Å². The third-order valence-electron chi connectivity index (χ3n) is 5.28. The van der Waals surface area contributed by atoms with E-state index >= 15 is 0 Å². The maximum atomic E-state index is 12.5. The van der Waals surface area contributed by atoms with Gasteiger partial charge in [0.05, 0.1) is 15.6 Å². The van der Waals surface area contributed by atoms with Crippen molar-refractivity contribution in [2.24, 2.45) is 5.92 Å². The predicted octanol–water partition coefficient (Wildman–Crippen LogP) is 4.90. The third-order valence-corrected chi connectivity index (χ3v) is 6.70. The van der Waals surface area contributed by atoms with E-state index in [9.17, 15) is 18.0 Å². The molecule has 1 aliphatic carbocycles. The summed E-state index contributed by atoms with van der Waals surface area (Å²) in [6.45, 7) is 0. The Bertz CT molecular complexity index is 1050. The molecule has 0 spiro atoms. The smallest absolute Gasteiger partial charge is 0.255 e. The van der Waals surface area contributed by atoms with E-state index in [0.29, 0.717) is 23.7 Å². The SMILES string of the molecule is CS(=O)(=O)c1cccc(C(=O)Nc2ccc(NC(=O)CCC3CCCC3)cc2Cl)c1. The second kappa shape index (κ2) is 9.62. The zero-order valence-electron chi connectivity index (χ0n) is 16.8. The molecule has 0 unspecified atom stereocenters. The van der Waals surface area contributed by atoms with Crippen LogP contribution < -0.4 is 10.6 Å². The van der Waals surface area contributed by atoms with E-state index in [-0.39, 0.29) is 21.4 Å². The van der Waals surface area contributed by atoms with Gasteiger partial charge in [-0.1, -0.05) is 43.4 Å². The quantitative estimate of drug-likeness (QED) is 0.629. The third kappa shape index (κ3) is 6.06. The molecule has 0 aliphatic heterocycles. The van der Waals surface area contributed by atoms with Crippen molar-refractivity contribution in [3.05, 3.63) is 53.1 Å². The van der Waals surface area contributed by atoms with Gasteiger partial charge in [-0.05, 0) is 48.7 Å². The van der Waals surface area contributed by atoms with E-state index in [0.717, 1.165) is 12.7 Å². The summed E-state index contributed by atoms with van der Waals surface area (Å²) in [7, 11) is -3.41. The number of carbonyl (C=O) groups is 2. The highest BCUT2D eigenvalue weighted by molar-refractivity contribution is 7.90. The van der Waals surface area contributed by atoms with Crippen molar-refractivity contribution >= 4 is 44.6 Å². The van der Waals surface area contributed by atoms with Crippen LogP contribution in [-0.4, -0.2) is 26.5 Å². The van der Waals surface area contributed by atoms with Crippen molar-refractivity contribution < 1.29 is 18.0 Å². The van der Waals surface area contributed by atoms with Gasteiger partial charge in [0.25, 0.3) is 5.91 Å². The van der Waals surface area contributed by atoms with Gasteiger partial charge >= 0.3 is 0 Å². The van der Waals surface area contributed by atoms with Crippen LogP contribution >= 0.6 is 11.6 Å². The minimum absolute atomic E-state index is 0.0488. The number of anilines is 2. The highest BCUT2D eigenvalue weighted by Crippen LogP contribution is 2.29. The van der Waals surface area contributed by atoms with Crippen LogP contribution in [0.1, 0.15) is 48.9 Å². The minimum atomic E-state index is -3.41. The molecule has 1 aliphatic rings. The van der Waals surface area contributed by atoms with Gasteiger partial charge in [0.1, 0.15) is 0 Å². The zero-order valence-corrected chi connectivity index (χ0v) is 18.4. The molecule has 2 aromatic rings. The molecule has 8 heteroatoms. The summed E-state index contributed by atoms with van der Waals surface area (Å²) in [5.74, 6) is 0.126. The molecule has 0 heterocycles. The fraction of sp³-hybridized carbons (Fsp3) is 0.364. The predicted molar refractivity (Wildman–Crippen MR) is 119 cm³/mol. The number of nitrogens with one attached hydrogen (secondary N) is 2. The lowest BCUT2D eigenvalue weighted by Gasteiger charge is -2.12. The average molecular weight is 449 g/mol. The van der Waals surface area contributed by atoms with Crippen LogP contribution in [0.2, 0.25) is 5.02 Å². The number of hydrogen-bond acceptors (Lipinski definition) is 4. The lowest BCUT2D eigenvalue weighted by molar-refractivity contribution is -0.116. The van der Waals surface area contributed by atoms with E-state index < -0.39 is 15.7 Å². The first-order valence-corrected chi connectivity index (χ1v) is 12.2. The molecule has 1 fully saturated rings. The summed E-state index contributed by atoms with van der Waals surface area (Å²) in [5.41, 5.74) is 1.14. The van der Waals surface area contributed by atoms with Gasteiger partial charge < -0.3 is 10.6 Å². The summed E-state index contributed by atoms with van der Waals surface area (Å²) in [6, 6.07) is 10.6. The second-order valence-corrected chi connectivity index (χ2v) is 10.1. The Hall–Kier alpha value is -2.38. The summed E-state index contributed by atoms with van der Waals surface area (Å²) in [4.78, 5) is 24.7. The van der Waals surface area contributed by atoms with E-state index in [1.165, 1.54) is 49.9 Å². The van der Waals surface area contributed by atoms with Crippen molar-refractivity contribution in [1.29, 1.82) is 0 Å². The minimum Gasteiger partial charge on any atom is -0.326 e. The van der Waals surface area contributed by atoms with Gasteiger partial charge in [-0.15, -0.1) is 0 Å². The molecule has 160 valence electrons. The largest absolute Gasteiger partial charge is 0.326 e. The Morgan fingerprint density at radius 1 is 1.07 bits per heavy atom. The molecule has 30 heavy (non-hydrogen) atoms. The van der Waals surface area contributed by atoms with Crippen LogP contribution in [0.3, 0.4) is 0 Å². The number of sulfone groups is 1. The Morgan fingerprint density at radius 3 is 2.47 bits per heavy atom. The zero-order chi connectivity index (χ0) is 21.7. The van der Waals surface area contributed by atoms with Crippen LogP contribution in [0.25, 0.3) is 0 Å². The van der Waals surface area contributed by atoms with Crippen LogP contribution in [0.4, 0.5) is 11.4 Å². The topological polar surface area (TPSA) is 92.3 Å². The van der Waals surface area contributed by atoms with Crippen molar-refractivity contribution in [2.75, 3.05) is 16.9 Å². The molecule has 0 aromatic heterocycles. The van der Waals surface area contributed by atoms with Crippen molar-refractivity contribution in [3.63, 3.8) is 0 Å². The molecule has 6 nitrogen and oxygen atoms in total. The molecule has 2 N–H and O–H groups in total. The van der Waals surface area contributed by atoms with E-state index in [1.54, 1.807) is 18.2 Å². The Kier molecular flexibility index (Phi) is 7.15. The highest BCUT2D eigenvalue weighted by atomic mass is 35.5. The first-order chi connectivity index (χ1) is 14.2. The fourth-order valence-electron chi connectivity index (χ4n) is 3.61. The summed E-state index contributed by atoms with van der Waals surface area (Å²) >= 11 is 6.27. The van der Waals surface area contributed by atoms with Crippen LogP contribution in [-0.2, 0) is 14.6 Å². The summed E-state index contributed by atoms with van der Waals surface area (Å²) in [6.07, 6.45) is 7.40. The Morgan fingerprint density at radius 2 is 1.80 bits per heavy atom. The Labute approximate surface area is 181 Å². The number of carbonyl (C=O) groups excluding carboxylic acids is 2. The van der Waals surface area contributed by atoms with Crippen LogP contribution in [0.15, 0.2) is 47.4 Å². The normalized spacial score (nSPS) is 14.5. The lowest BCUT2D eigenvalue weighted by atomic mass is 10.0. The molecule has 0 bridgehead atoms. The fourth-order valence-corrected chi connectivity index (χ4v) is 4.51. The number of benzene rings is 2. The van der Waals surface area contributed by atoms with E-state index in [2.05, 4.69) is 10.6 Å². The molecular formula is C22H25ClN2O4S. The average Bonchev–Trinajstić information content (AvgIpc) is 3.21. The molecule has 2 amide bonds. The number of halogens is 1. The lowest BCUT2D eigenvalue weighted by Crippen LogP contribution is -2.14. The molecule has 0 radical (unpaired) electrons. The van der Waals surface area contributed by atoms with Crippen molar-refractivity contribution in [2.45, 2.75) is 43.4 Å². The number of hydrogen-bond donors (Lipinski definition) is 2. The molecule has 0 saturated heterocycles. The molecule has 1 saturated carbocycles. The van der Waals surface area contributed by atoms with E-state index in [1.807, 2.05) is 0 Å². The maximum absolute atomic E-state index is 12.5. The summed E-state index contributed by atoms with van der Waals surface area (Å²) < 4.78 is 23.4. The number of rotatable bonds is 7. The van der Waals surface area contributed by atoms with Crippen LogP contribution in [0.5, 0.6) is 0 Å². The van der Waals surface area contributed by atoms with Crippen LogP contribution in [0, 0.1) is 5.92 Å². The van der Waals surface area contributed by atoms with Gasteiger partial charge in [0.2, 0.25) is 5.91 Å². The van der Waals surface area contributed by atoms with Gasteiger partial charge in [0, 0.05) is 23.9 Å². The molecule has 2 aromatic carbocycles. The van der Waals surface area contributed by atoms with Gasteiger partial charge in [-0.3, -0.25) is 9.59 Å². The van der Waals surface area contributed by atoms with Crippen molar-refractivity contribution in [3.8, 4) is 0 Å². The highest BCUT2D eigenvalue weighted by Gasteiger charge is 2.17. The first kappa shape index (κ1) is 22.3. The van der Waals surface area contributed by atoms with Gasteiger partial charge in [-0.25, -0.2) is 8.42 Å². The molecule has 0 atom stereocenters. The molecule has 3 rings (SSSR count). The first-order valence-electron chi connectivity index (χ1n) is 9.93.